The maximum Gasteiger partial charge on any atom is 0.261 e. The van der Waals surface area contributed by atoms with Gasteiger partial charge < -0.3 is 5.32 Å². The van der Waals surface area contributed by atoms with Crippen LogP contribution in [0, 0.1) is 0 Å². The maximum absolute atomic E-state index is 12.6. The van der Waals surface area contributed by atoms with Gasteiger partial charge in [0.25, 0.3) is 11.8 Å². The Morgan fingerprint density at radius 3 is 2.27 bits per heavy atom. The molecule has 1 N–H and O–H groups in total. The van der Waals surface area contributed by atoms with Crippen molar-refractivity contribution in [2.24, 2.45) is 0 Å². The van der Waals surface area contributed by atoms with Crippen molar-refractivity contribution in [1.29, 1.82) is 0 Å². The largest absolute Gasteiger partial charge is 0.313 e. The molecule has 4 rings (SSSR count). The van der Waals surface area contributed by atoms with Gasteiger partial charge in [0.2, 0.25) is 0 Å². The lowest BCUT2D eigenvalue weighted by Gasteiger charge is -2.49. The molecule has 0 aliphatic carbocycles. The molecule has 1 fully saturated rings. The maximum atomic E-state index is 12.6. The van der Waals surface area contributed by atoms with Crippen LogP contribution in [-0.4, -0.2) is 52.8 Å². The molecule has 2 atom stereocenters. The van der Waals surface area contributed by atoms with E-state index in [2.05, 4.69) is 54.4 Å². The summed E-state index contributed by atoms with van der Waals surface area (Å²) in [5.74, 6) is -0.305. The summed E-state index contributed by atoms with van der Waals surface area (Å²) in [6.45, 7) is 8.00. The predicted molar refractivity (Wildman–Crippen MR) is 118 cm³/mol. The molecule has 0 aromatic heterocycles. The number of fused-ring (bicyclic) bond motifs is 1. The molecule has 0 unspecified atom stereocenters. The van der Waals surface area contributed by atoms with Crippen molar-refractivity contribution >= 4 is 11.8 Å². The Labute approximate surface area is 179 Å². The van der Waals surface area contributed by atoms with Crippen LogP contribution in [0.2, 0.25) is 0 Å². The highest BCUT2D eigenvalue weighted by atomic mass is 16.2. The molecule has 2 aliphatic heterocycles. The third-order valence-corrected chi connectivity index (χ3v) is 6.59. The monoisotopic (exact) mass is 405 g/mol. The SMILES string of the molecule is C[C@H]1CNC[C@@](C)(CCCCN2C(=O)c3ccccc3C2=O)N1Cc1ccccc1. The van der Waals surface area contributed by atoms with E-state index in [0.29, 0.717) is 23.7 Å². The van der Waals surface area contributed by atoms with Crippen molar-refractivity contribution in [3.8, 4) is 0 Å². The lowest BCUT2D eigenvalue weighted by atomic mass is 9.88. The molecule has 30 heavy (non-hydrogen) atoms. The van der Waals surface area contributed by atoms with E-state index in [1.54, 1.807) is 12.1 Å². The Balaban J connectivity index is 1.35. The lowest BCUT2D eigenvalue weighted by Crippen LogP contribution is -2.62. The minimum Gasteiger partial charge on any atom is -0.313 e. The molecule has 5 heteroatoms. The number of nitrogens with zero attached hydrogens (tertiary/aromatic N) is 2. The summed E-state index contributed by atoms with van der Waals surface area (Å²) >= 11 is 0. The third kappa shape index (κ3) is 4.05. The van der Waals surface area contributed by atoms with E-state index in [1.165, 1.54) is 10.5 Å². The number of rotatable bonds is 7. The van der Waals surface area contributed by atoms with E-state index in [1.807, 2.05) is 12.1 Å². The van der Waals surface area contributed by atoms with Gasteiger partial charge in [-0.15, -0.1) is 0 Å². The number of nitrogens with one attached hydrogen (secondary N) is 1. The Hall–Kier alpha value is -2.50. The average Bonchev–Trinajstić information content (AvgIpc) is 3.00. The quantitative estimate of drug-likeness (QED) is 0.564. The van der Waals surface area contributed by atoms with E-state index in [9.17, 15) is 9.59 Å². The van der Waals surface area contributed by atoms with Crippen LogP contribution in [0.15, 0.2) is 54.6 Å². The van der Waals surface area contributed by atoms with E-state index in [0.717, 1.165) is 38.9 Å². The number of piperazine rings is 1. The molecular formula is C25H31N3O2. The summed E-state index contributed by atoms with van der Waals surface area (Å²) in [4.78, 5) is 29.1. The van der Waals surface area contributed by atoms with Crippen LogP contribution in [0.25, 0.3) is 0 Å². The molecule has 2 heterocycles. The van der Waals surface area contributed by atoms with E-state index in [-0.39, 0.29) is 17.4 Å². The van der Waals surface area contributed by atoms with E-state index < -0.39 is 0 Å². The standard InChI is InChI=1S/C25H31N3O2/c1-19-16-26-18-25(2,28(19)17-20-10-4-3-5-11-20)14-8-9-15-27-23(29)21-12-6-7-13-22(21)24(27)30/h3-7,10-13,19,26H,8-9,14-18H2,1-2H3/t19-,25+/m0/s1. The number of unbranched alkanes of at least 4 members (excludes halogenated alkanes) is 1. The molecule has 0 bridgehead atoms. The fraction of sp³-hybridized carbons (Fsp3) is 0.440. The summed E-state index contributed by atoms with van der Waals surface area (Å²) in [7, 11) is 0. The van der Waals surface area contributed by atoms with Crippen molar-refractivity contribution in [2.75, 3.05) is 19.6 Å². The van der Waals surface area contributed by atoms with Crippen molar-refractivity contribution in [1.82, 2.24) is 15.1 Å². The Bertz CT molecular complexity index is 879. The molecule has 2 aromatic rings. The molecule has 0 saturated carbocycles. The lowest BCUT2D eigenvalue weighted by molar-refractivity contribution is 0.0162. The van der Waals surface area contributed by atoms with Gasteiger partial charge in [0, 0.05) is 37.8 Å². The molecule has 158 valence electrons. The number of amides is 2. The zero-order valence-corrected chi connectivity index (χ0v) is 17.9. The predicted octanol–water partition coefficient (Wildman–Crippen LogP) is 3.71. The van der Waals surface area contributed by atoms with Crippen molar-refractivity contribution in [3.05, 3.63) is 71.3 Å². The average molecular weight is 406 g/mol. The van der Waals surface area contributed by atoms with Crippen LogP contribution in [0.4, 0.5) is 0 Å². The van der Waals surface area contributed by atoms with E-state index in [4.69, 9.17) is 0 Å². The fourth-order valence-electron chi connectivity index (χ4n) is 4.87. The van der Waals surface area contributed by atoms with Gasteiger partial charge in [-0.3, -0.25) is 19.4 Å². The second kappa shape index (κ2) is 8.70. The van der Waals surface area contributed by atoms with Crippen molar-refractivity contribution < 1.29 is 9.59 Å². The number of benzene rings is 2. The van der Waals surface area contributed by atoms with Crippen LogP contribution in [0.1, 0.15) is 59.4 Å². The minimum atomic E-state index is -0.152. The zero-order chi connectivity index (χ0) is 21.1. The molecule has 5 nitrogen and oxygen atoms in total. The number of hydrogen-bond acceptors (Lipinski definition) is 4. The van der Waals surface area contributed by atoms with Crippen LogP contribution in [0.3, 0.4) is 0 Å². The van der Waals surface area contributed by atoms with Crippen molar-refractivity contribution in [3.63, 3.8) is 0 Å². The van der Waals surface area contributed by atoms with Crippen molar-refractivity contribution in [2.45, 2.75) is 51.2 Å². The first-order chi connectivity index (χ1) is 14.5. The van der Waals surface area contributed by atoms with Crippen LogP contribution < -0.4 is 5.32 Å². The van der Waals surface area contributed by atoms with Gasteiger partial charge >= 0.3 is 0 Å². The summed E-state index contributed by atoms with van der Waals surface area (Å²) in [5.41, 5.74) is 2.46. The number of hydrogen-bond donors (Lipinski definition) is 1. The van der Waals surface area contributed by atoms with Crippen LogP contribution in [-0.2, 0) is 6.54 Å². The fourth-order valence-corrected chi connectivity index (χ4v) is 4.87. The highest BCUT2D eigenvalue weighted by Gasteiger charge is 2.38. The number of imide groups is 1. The molecule has 2 aromatic carbocycles. The normalized spacial score (nSPS) is 24.3. The molecular weight excluding hydrogens is 374 g/mol. The molecule has 2 amide bonds. The number of carbonyl (C=O) groups is 2. The van der Waals surface area contributed by atoms with Crippen LogP contribution >= 0.6 is 0 Å². The van der Waals surface area contributed by atoms with Gasteiger partial charge in [0.05, 0.1) is 11.1 Å². The Morgan fingerprint density at radius 2 is 1.60 bits per heavy atom. The highest BCUT2D eigenvalue weighted by Crippen LogP contribution is 2.29. The molecule has 0 spiro atoms. The summed E-state index contributed by atoms with van der Waals surface area (Å²) < 4.78 is 0. The third-order valence-electron chi connectivity index (χ3n) is 6.59. The summed E-state index contributed by atoms with van der Waals surface area (Å²) in [5, 5.41) is 3.59. The summed E-state index contributed by atoms with van der Waals surface area (Å²) in [6, 6.07) is 18.2. The topological polar surface area (TPSA) is 52.7 Å². The van der Waals surface area contributed by atoms with Gasteiger partial charge in [-0.2, -0.15) is 0 Å². The van der Waals surface area contributed by atoms with Gasteiger partial charge in [-0.25, -0.2) is 0 Å². The number of carbonyl (C=O) groups excluding carboxylic acids is 2. The molecule has 0 radical (unpaired) electrons. The highest BCUT2D eigenvalue weighted by molar-refractivity contribution is 6.21. The van der Waals surface area contributed by atoms with Gasteiger partial charge in [-0.1, -0.05) is 42.5 Å². The second-order valence-corrected chi connectivity index (χ2v) is 8.85. The first kappa shape index (κ1) is 20.8. The first-order valence-corrected chi connectivity index (χ1v) is 11.0. The minimum absolute atomic E-state index is 0.0511. The Kier molecular flexibility index (Phi) is 6.02. The molecule has 1 saturated heterocycles. The van der Waals surface area contributed by atoms with Gasteiger partial charge in [-0.05, 0) is 50.8 Å². The summed E-state index contributed by atoms with van der Waals surface area (Å²) in [6.07, 6.45) is 2.83. The van der Waals surface area contributed by atoms with E-state index >= 15 is 0 Å². The van der Waals surface area contributed by atoms with Gasteiger partial charge in [0.15, 0.2) is 0 Å². The second-order valence-electron chi connectivity index (χ2n) is 8.85. The van der Waals surface area contributed by atoms with Gasteiger partial charge in [0.1, 0.15) is 0 Å². The smallest absolute Gasteiger partial charge is 0.261 e. The van der Waals surface area contributed by atoms with Crippen LogP contribution in [0.5, 0.6) is 0 Å². The first-order valence-electron chi connectivity index (χ1n) is 11.0. The zero-order valence-electron chi connectivity index (χ0n) is 17.9. The Morgan fingerprint density at radius 1 is 0.967 bits per heavy atom. The molecule has 2 aliphatic rings.